The minimum atomic E-state index is -0.400. The first-order valence-corrected chi connectivity index (χ1v) is 5.68. The van der Waals surface area contributed by atoms with Gasteiger partial charge in [0.1, 0.15) is 5.75 Å². The van der Waals surface area contributed by atoms with Crippen LogP contribution in [0, 0.1) is 6.92 Å². The standard InChI is InChI=1S/C13H19NO2/c1-4-12(13(15)14-5-2)16-11-8-6-10(3)7-9-11/h6-9,12H,4-5H2,1-3H3,(H,14,15)/t12-/m1/s1. The summed E-state index contributed by atoms with van der Waals surface area (Å²) in [5.41, 5.74) is 1.18. The van der Waals surface area contributed by atoms with Crippen LogP contribution in [0.2, 0.25) is 0 Å². The Morgan fingerprint density at radius 2 is 1.94 bits per heavy atom. The number of carbonyl (C=O) groups excluding carboxylic acids is 1. The molecule has 0 radical (unpaired) electrons. The number of carbonyl (C=O) groups is 1. The Hall–Kier alpha value is -1.51. The topological polar surface area (TPSA) is 38.3 Å². The summed E-state index contributed by atoms with van der Waals surface area (Å²) in [6.45, 7) is 6.49. The zero-order valence-electron chi connectivity index (χ0n) is 10.1. The van der Waals surface area contributed by atoms with Crippen molar-refractivity contribution in [3.63, 3.8) is 0 Å². The maximum Gasteiger partial charge on any atom is 0.261 e. The summed E-state index contributed by atoms with van der Waals surface area (Å²) >= 11 is 0. The Bertz CT molecular complexity index is 332. The largest absolute Gasteiger partial charge is 0.481 e. The average Bonchev–Trinajstić information content (AvgIpc) is 2.28. The Kier molecular flexibility index (Phi) is 4.83. The van der Waals surface area contributed by atoms with Gasteiger partial charge >= 0.3 is 0 Å². The van der Waals surface area contributed by atoms with E-state index in [2.05, 4.69) is 5.32 Å². The lowest BCUT2D eigenvalue weighted by molar-refractivity contribution is -0.128. The van der Waals surface area contributed by atoms with Gasteiger partial charge in [-0.2, -0.15) is 0 Å². The summed E-state index contributed by atoms with van der Waals surface area (Å²) in [4.78, 5) is 11.6. The van der Waals surface area contributed by atoms with Crippen molar-refractivity contribution in [3.05, 3.63) is 29.8 Å². The summed E-state index contributed by atoms with van der Waals surface area (Å²) in [6, 6.07) is 7.72. The van der Waals surface area contributed by atoms with Gasteiger partial charge in [-0.15, -0.1) is 0 Å². The highest BCUT2D eigenvalue weighted by Gasteiger charge is 2.16. The van der Waals surface area contributed by atoms with Crippen molar-refractivity contribution >= 4 is 5.91 Å². The minimum Gasteiger partial charge on any atom is -0.481 e. The second-order valence-corrected chi connectivity index (χ2v) is 3.72. The molecular weight excluding hydrogens is 202 g/mol. The highest BCUT2D eigenvalue weighted by Crippen LogP contribution is 2.14. The molecule has 1 rings (SSSR count). The van der Waals surface area contributed by atoms with Crippen molar-refractivity contribution in [2.24, 2.45) is 0 Å². The van der Waals surface area contributed by atoms with E-state index in [1.54, 1.807) is 0 Å². The van der Waals surface area contributed by atoms with Crippen molar-refractivity contribution in [3.8, 4) is 5.75 Å². The number of benzene rings is 1. The lowest BCUT2D eigenvalue weighted by atomic mass is 10.2. The molecule has 1 aromatic carbocycles. The molecule has 3 nitrogen and oxygen atoms in total. The molecule has 0 aliphatic carbocycles. The van der Waals surface area contributed by atoms with E-state index in [9.17, 15) is 4.79 Å². The monoisotopic (exact) mass is 221 g/mol. The van der Waals surface area contributed by atoms with Crippen LogP contribution in [0.15, 0.2) is 24.3 Å². The number of likely N-dealkylation sites (N-methyl/N-ethyl adjacent to an activating group) is 1. The lowest BCUT2D eigenvalue weighted by Crippen LogP contribution is -2.37. The van der Waals surface area contributed by atoms with Crippen molar-refractivity contribution in [2.75, 3.05) is 6.54 Å². The molecular formula is C13H19NO2. The molecule has 0 fully saturated rings. The first kappa shape index (κ1) is 12.6. The van der Waals surface area contributed by atoms with E-state index in [1.165, 1.54) is 5.56 Å². The number of hydrogen-bond acceptors (Lipinski definition) is 2. The summed E-state index contributed by atoms with van der Waals surface area (Å²) < 4.78 is 5.62. The fraction of sp³-hybridized carbons (Fsp3) is 0.462. The van der Waals surface area contributed by atoms with Gasteiger partial charge in [-0.3, -0.25) is 4.79 Å². The minimum absolute atomic E-state index is 0.0504. The first-order valence-electron chi connectivity index (χ1n) is 5.68. The van der Waals surface area contributed by atoms with E-state index in [0.29, 0.717) is 13.0 Å². The summed E-state index contributed by atoms with van der Waals surface area (Å²) in [5.74, 6) is 0.689. The third-order valence-electron chi connectivity index (χ3n) is 2.31. The number of amides is 1. The van der Waals surface area contributed by atoms with Crippen LogP contribution in [-0.4, -0.2) is 18.6 Å². The highest BCUT2D eigenvalue weighted by atomic mass is 16.5. The predicted octanol–water partition coefficient (Wildman–Crippen LogP) is 2.29. The summed E-state index contributed by atoms with van der Waals surface area (Å²) in [5, 5.41) is 2.76. The summed E-state index contributed by atoms with van der Waals surface area (Å²) in [6.07, 6.45) is 0.266. The molecule has 0 aliphatic heterocycles. The highest BCUT2D eigenvalue weighted by molar-refractivity contribution is 5.80. The van der Waals surface area contributed by atoms with Crippen LogP contribution in [0.4, 0.5) is 0 Å². The maximum absolute atomic E-state index is 11.6. The molecule has 0 aliphatic rings. The first-order chi connectivity index (χ1) is 7.67. The van der Waals surface area contributed by atoms with Crippen LogP contribution in [0.1, 0.15) is 25.8 Å². The van der Waals surface area contributed by atoms with Crippen molar-refractivity contribution in [1.82, 2.24) is 5.32 Å². The smallest absolute Gasteiger partial charge is 0.261 e. The Morgan fingerprint density at radius 1 is 1.31 bits per heavy atom. The number of rotatable bonds is 5. The predicted molar refractivity (Wildman–Crippen MR) is 64.6 cm³/mol. The Labute approximate surface area is 96.8 Å². The SMILES string of the molecule is CCNC(=O)[C@@H](CC)Oc1ccc(C)cc1. The van der Waals surface area contributed by atoms with Gasteiger partial charge in [-0.25, -0.2) is 0 Å². The van der Waals surface area contributed by atoms with Crippen molar-refractivity contribution in [2.45, 2.75) is 33.3 Å². The average molecular weight is 221 g/mol. The van der Waals surface area contributed by atoms with Gasteiger partial charge in [0.15, 0.2) is 6.10 Å². The molecule has 1 atom stereocenters. The summed E-state index contributed by atoms with van der Waals surface area (Å²) in [7, 11) is 0. The third kappa shape index (κ3) is 3.57. The molecule has 0 heterocycles. The fourth-order valence-electron chi connectivity index (χ4n) is 1.39. The molecule has 0 bridgehead atoms. The Balaban J connectivity index is 2.62. The quantitative estimate of drug-likeness (QED) is 0.828. The second-order valence-electron chi connectivity index (χ2n) is 3.72. The normalized spacial score (nSPS) is 11.9. The molecule has 88 valence electrons. The van der Waals surface area contributed by atoms with Gasteiger partial charge < -0.3 is 10.1 Å². The molecule has 16 heavy (non-hydrogen) atoms. The van der Waals surface area contributed by atoms with Gasteiger partial charge in [0, 0.05) is 6.54 Å². The van der Waals surface area contributed by atoms with E-state index in [-0.39, 0.29) is 5.91 Å². The third-order valence-corrected chi connectivity index (χ3v) is 2.31. The molecule has 1 amide bonds. The van der Waals surface area contributed by atoms with Crippen LogP contribution in [0.25, 0.3) is 0 Å². The molecule has 0 spiro atoms. The number of nitrogens with one attached hydrogen (secondary N) is 1. The van der Waals surface area contributed by atoms with Crippen LogP contribution in [0.5, 0.6) is 5.75 Å². The number of aryl methyl sites for hydroxylation is 1. The van der Waals surface area contributed by atoms with Crippen LogP contribution in [0.3, 0.4) is 0 Å². The van der Waals surface area contributed by atoms with Crippen LogP contribution >= 0.6 is 0 Å². The van der Waals surface area contributed by atoms with Crippen LogP contribution < -0.4 is 10.1 Å². The molecule has 0 saturated heterocycles. The zero-order chi connectivity index (χ0) is 12.0. The van der Waals surface area contributed by atoms with Crippen LogP contribution in [-0.2, 0) is 4.79 Å². The van der Waals surface area contributed by atoms with E-state index in [4.69, 9.17) is 4.74 Å². The van der Waals surface area contributed by atoms with Gasteiger partial charge in [0.05, 0.1) is 0 Å². The van der Waals surface area contributed by atoms with Crippen molar-refractivity contribution in [1.29, 1.82) is 0 Å². The fourth-order valence-corrected chi connectivity index (χ4v) is 1.39. The van der Waals surface area contributed by atoms with Crippen molar-refractivity contribution < 1.29 is 9.53 Å². The number of ether oxygens (including phenoxy) is 1. The van der Waals surface area contributed by atoms with E-state index in [0.717, 1.165) is 5.75 Å². The van der Waals surface area contributed by atoms with Gasteiger partial charge in [-0.05, 0) is 32.4 Å². The lowest BCUT2D eigenvalue weighted by Gasteiger charge is -2.16. The molecule has 3 heteroatoms. The molecule has 1 aromatic rings. The molecule has 1 N–H and O–H groups in total. The van der Waals surface area contributed by atoms with E-state index >= 15 is 0 Å². The maximum atomic E-state index is 11.6. The zero-order valence-corrected chi connectivity index (χ0v) is 10.1. The van der Waals surface area contributed by atoms with E-state index in [1.807, 2.05) is 45.0 Å². The number of hydrogen-bond donors (Lipinski definition) is 1. The molecule has 0 saturated carbocycles. The van der Waals surface area contributed by atoms with E-state index < -0.39 is 6.10 Å². The van der Waals surface area contributed by atoms with Gasteiger partial charge in [0.2, 0.25) is 0 Å². The molecule has 0 unspecified atom stereocenters. The second kappa shape index (κ2) is 6.16. The van der Waals surface area contributed by atoms with Gasteiger partial charge in [-0.1, -0.05) is 24.6 Å². The molecule has 0 aromatic heterocycles. The van der Waals surface area contributed by atoms with Gasteiger partial charge in [0.25, 0.3) is 5.91 Å². The Morgan fingerprint density at radius 3 is 2.44 bits per heavy atom.